The summed E-state index contributed by atoms with van der Waals surface area (Å²) in [6.07, 6.45) is 3.62. The number of amides is 2. The van der Waals surface area contributed by atoms with Crippen LogP contribution in [-0.2, 0) is 9.53 Å². The number of likely N-dealkylation sites (tertiary alicyclic amines) is 1. The molecule has 1 aliphatic rings. The molecule has 1 aromatic rings. The van der Waals surface area contributed by atoms with E-state index in [1.54, 1.807) is 6.20 Å². The van der Waals surface area contributed by atoms with Crippen LogP contribution >= 0.6 is 0 Å². The van der Waals surface area contributed by atoms with Crippen LogP contribution in [0, 0.1) is 0 Å². The van der Waals surface area contributed by atoms with E-state index in [-0.39, 0.29) is 12.3 Å². The highest BCUT2D eigenvalue weighted by molar-refractivity contribution is 5.77. The number of ether oxygens (including phenoxy) is 1. The molecule has 6 heteroatoms. The van der Waals surface area contributed by atoms with E-state index in [1.165, 1.54) is 0 Å². The van der Waals surface area contributed by atoms with Crippen LogP contribution in [0.2, 0.25) is 0 Å². The van der Waals surface area contributed by atoms with Gasteiger partial charge in [0.15, 0.2) is 0 Å². The molecule has 1 aliphatic heterocycles. The normalized spacial score (nSPS) is 18.1. The third-order valence-corrected chi connectivity index (χ3v) is 3.89. The van der Waals surface area contributed by atoms with E-state index >= 15 is 0 Å². The Morgan fingerprint density at radius 2 is 2.17 bits per heavy atom. The van der Waals surface area contributed by atoms with Gasteiger partial charge in [0.2, 0.25) is 5.91 Å². The maximum absolute atomic E-state index is 12.4. The van der Waals surface area contributed by atoms with Crippen molar-refractivity contribution in [3.8, 4) is 0 Å². The minimum absolute atomic E-state index is 0.0617. The van der Waals surface area contributed by atoms with E-state index in [1.807, 2.05) is 43.9 Å². The maximum Gasteiger partial charge on any atom is 0.407 e. The molecule has 0 radical (unpaired) electrons. The highest BCUT2D eigenvalue weighted by atomic mass is 16.6. The van der Waals surface area contributed by atoms with Crippen LogP contribution in [0.4, 0.5) is 4.79 Å². The third-order valence-electron chi connectivity index (χ3n) is 3.89. The first-order chi connectivity index (χ1) is 11.3. The SMILES string of the molecule is CC(C)(C)OC(=O)NCCC(=O)N1CCC[C@@H](c2ccccn2)C1. The summed E-state index contributed by atoms with van der Waals surface area (Å²) in [4.78, 5) is 30.2. The number of hydrogen-bond acceptors (Lipinski definition) is 4. The van der Waals surface area contributed by atoms with Crippen molar-refractivity contribution in [1.82, 2.24) is 15.2 Å². The van der Waals surface area contributed by atoms with E-state index in [4.69, 9.17) is 4.74 Å². The predicted molar refractivity (Wildman–Crippen MR) is 91.6 cm³/mol. The van der Waals surface area contributed by atoms with Gasteiger partial charge in [-0.05, 0) is 45.7 Å². The van der Waals surface area contributed by atoms with Crippen LogP contribution in [-0.4, -0.2) is 47.1 Å². The number of rotatable bonds is 4. The van der Waals surface area contributed by atoms with E-state index in [9.17, 15) is 9.59 Å². The number of carbonyl (C=O) groups is 2. The van der Waals surface area contributed by atoms with Crippen LogP contribution < -0.4 is 5.32 Å². The lowest BCUT2D eigenvalue weighted by Crippen LogP contribution is -2.41. The third kappa shape index (κ3) is 5.83. The second-order valence-corrected chi connectivity index (χ2v) is 7.11. The molecule has 0 bridgehead atoms. The Bertz CT molecular complexity index is 554. The lowest BCUT2D eigenvalue weighted by molar-refractivity contribution is -0.132. The zero-order chi connectivity index (χ0) is 17.6. The molecule has 1 saturated heterocycles. The van der Waals surface area contributed by atoms with Gasteiger partial charge in [-0.2, -0.15) is 0 Å². The van der Waals surface area contributed by atoms with Gasteiger partial charge in [-0.25, -0.2) is 4.79 Å². The first-order valence-corrected chi connectivity index (χ1v) is 8.51. The fraction of sp³-hybridized carbons (Fsp3) is 0.611. The minimum Gasteiger partial charge on any atom is -0.444 e. The minimum atomic E-state index is -0.531. The summed E-state index contributed by atoms with van der Waals surface area (Å²) in [5.41, 5.74) is 0.513. The Morgan fingerprint density at radius 1 is 1.38 bits per heavy atom. The van der Waals surface area contributed by atoms with Crippen LogP contribution in [0.3, 0.4) is 0 Å². The zero-order valence-electron chi connectivity index (χ0n) is 14.7. The summed E-state index contributed by atoms with van der Waals surface area (Å²) in [5, 5.41) is 2.63. The Morgan fingerprint density at radius 3 is 2.83 bits per heavy atom. The Hall–Kier alpha value is -2.11. The largest absolute Gasteiger partial charge is 0.444 e. The van der Waals surface area contributed by atoms with Gasteiger partial charge >= 0.3 is 6.09 Å². The lowest BCUT2D eigenvalue weighted by Gasteiger charge is -2.32. The monoisotopic (exact) mass is 333 g/mol. The standard InChI is InChI=1S/C18H27N3O3/c1-18(2,3)24-17(23)20-11-9-16(22)21-12-6-7-14(13-21)15-8-4-5-10-19-15/h4-5,8,10,14H,6-7,9,11-13H2,1-3H3,(H,20,23)/t14-/m1/s1. The highest BCUT2D eigenvalue weighted by Crippen LogP contribution is 2.25. The van der Waals surface area contributed by atoms with Gasteiger partial charge in [0.1, 0.15) is 5.60 Å². The molecule has 1 atom stereocenters. The molecule has 0 spiro atoms. The molecule has 132 valence electrons. The summed E-state index contributed by atoms with van der Waals surface area (Å²) in [6.45, 7) is 7.19. The molecule has 1 aromatic heterocycles. The van der Waals surface area contributed by atoms with Crippen LogP contribution in [0.5, 0.6) is 0 Å². The Balaban J connectivity index is 1.77. The first kappa shape index (κ1) is 18.2. The van der Waals surface area contributed by atoms with Gasteiger partial charge in [-0.1, -0.05) is 6.07 Å². The first-order valence-electron chi connectivity index (χ1n) is 8.51. The number of alkyl carbamates (subject to hydrolysis) is 1. The quantitative estimate of drug-likeness (QED) is 0.919. The summed E-state index contributed by atoms with van der Waals surface area (Å²) in [6, 6.07) is 5.90. The molecule has 2 rings (SSSR count). The number of piperidine rings is 1. The molecule has 1 N–H and O–H groups in total. The summed E-state index contributed by atoms with van der Waals surface area (Å²) in [5.74, 6) is 0.356. The van der Waals surface area contributed by atoms with Crippen LogP contribution in [0.1, 0.15) is 51.6 Å². The average molecular weight is 333 g/mol. The van der Waals surface area contributed by atoms with Gasteiger partial charge in [0.05, 0.1) is 0 Å². The Labute approximate surface area is 143 Å². The number of nitrogens with zero attached hydrogens (tertiary/aromatic N) is 2. The summed E-state index contributed by atoms with van der Waals surface area (Å²) >= 11 is 0. The van der Waals surface area contributed by atoms with Crippen LogP contribution in [0.25, 0.3) is 0 Å². The fourth-order valence-corrected chi connectivity index (χ4v) is 2.81. The highest BCUT2D eigenvalue weighted by Gasteiger charge is 2.25. The van der Waals surface area contributed by atoms with E-state index in [2.05, 4.69) is 10.3 Å². The van der Waals surface area contributed by atoms with Gasteiger partial charge in [0, 0.05) is 43.9 Å². The second-order valence-electron chi connectivity index (χ2n) is 7.11. The van der Waals surface area contributed by atoms with Crippen molar-refractivity contribution in [3.05, 3.63) is 30.1 Å². The van der Waals surface area contributed by atoms with Gasteiger partial charge in [-0.15, -0.1) is 0 Å². The van der Waals surface area contributed by atoms with E-state index in [0.29, 0.717) is 19.0 Å². The topological polar surface area (TPSA) is 71.5 Å². The van der Waals surface area contributed by atoms with Crippen molar-refractivity contribution in [2.24, 2.45) is 0 Å². The van der Waals surface area contributed by atoms with Crippen molar-refractivity contribution in [1.29, 1.82) is 0 Å². The molecule has 0 unspecified atom stereocenters. The van der Waals surface area contributed by atoms with Gasteiger partial charge in [-0.3, -0.25) is 9.78 Å². The van der Waals surface area contributed by atoms with Crippen molar-refractivity contribution in [2.75, 3.05) is 19.6 Å². The van der Waals surface area contributed by atoms with Gasteiger partial charge in [0.25, 0.3) is 0 Å². The van der Waals surface area contributed by atoms with E-state index in [0.717, 1.165) is 25.1 Å². The van der Waals surface area contributed by atoms with Crippen molar-refractivity contribution in [3.63, 3.8) is 0 Å². The molecular formula is C18H27N3O3. The van der Waals surface area contributed by atoms with Gasteiger partial charge < -0.3 is 15.0 Å². The smallest absolute Gasteiger partial charge is 0.407 e. The Kier molecular flexibility index (Phi) is 6.17. The summed E-state index contributed by atoms with van der Waals surface area (Å²) in [7, 11) is 0. The van der Waals surface area contributed by atoms with Crippen molar-refractivity contribution >= 4 is 12.0 Å². The predicted octanol–water partition coefficient (Wildman–Crippen LogP) is 2.70. The molecule has 2 amide bonds. The summed E-state index contributed by atoms with van der Waals surface area (Å²) < 4.78 is 5.16. The number of carbonyl (C=O) groups excluding carboxylic acids is 2. The zero-order valence-corrected chi connectivity index (χ0v) is 14.7. The maximum atomic E-state index is 12.4. The number of nitrogens with one attached hydrogen (secondary N) is 1. The number of hydrogen-bond donors (Lipinski definition) is 1. The molecule has 2 heterocycles. The molecular weight excluding hydrogens is 306 g/mol. The fourth-order valence-electron chi connectivity index (χ4n) is 2.81. The number of pyridine rings is 1. The molecule has 6 nitrogen and oxygen atoms in total. The van der Waals surface area contributed by atoms with Crippen molar-refractivity contribution in [2.45, 2.75) is 51.6 Å². The lowest BCUT2D eigenvalue weighted by atomic mass is 9.94. The molecule has 0 aliphatic carbocycles. The van der Waals surface area contributed by atoms with Crippen molar-refractivity contribution < 1.29 is 14.3 Å². The van der Waals surface area contributed by atoms with E-state index < -0.39 is 11.7 Å². The molecule has 0 aromatic carbocycles. The molecule has 0 saturated carbocycles. The van der Waals surface area contributed by atoms with Crippen LogP contribution in [0.15, 0.2) is 24.4 Å². The molecule has 1 fully saturated rings. The molecule has 24 heavy (non-hydrogen) atoms. The number of aromatic nitrogens is 1. The second kappa shape index (κ2) is 8.13. The average Bonchev–Trinajstić information content (AvgIpc) is 2.54.